The zero-order chi connectivity index (χ0) is 14.5. The summed E-state index contributed by atoms with van der Waals surface area (Å²) in [6.07, 6.45) is 3.24. The lowest BCUT2D eigenvalue weighted by Gasteiger charge is -2.15. The number of carbonyl (C=O) groups is 1. The van der Waals surface area contributed by atoms with Gasteiger partial charge in [-0.2, -0.15) is 0 Å². The summed E-state index contributed by atoms with van der Waals surface area (Å²) in [5, 5.41) is 3.81. The quantitative estimate of drug-likeness (QED) is 0.830. The second-order valence-electron chi connectivity index (χ2n) is 4.61. The van der Waals surface area contributed by atoms with Crippen LogP contribution in [0, 0.1) is 5.92 Å². The molecule has 0 saturated heterocycles. The predicted octanol–water partition coefficient (Wildman–Crippen LogP) is 2.88. The molecule has 20 heavy (non-hydrogen) atoms. The number of nitrogens with one attached hydrogen (secondary N) is 1. The van der Waals surface area contributed by atoms with Gasteiger partial charge in [-0.05, 0) is 30.7 Å². The van der Waals surface area contributed by atoms with Gasteiger partial charge in [0.25, 0.3) is 0 Å². The van der Waals surface area contributed by atoms with Crippen molar-refractivity contribution in [2.24, 2.45) is 11.7 Å². The minimum absolute atomic E-state index is 0.157. The van der Waals surface area contributed by atoms with Crippen LogP contribution >= 0.6 is 12.2 Å². The smallest absolute Gasteiger partial charge is 0.234 e. The minimum atomic E-state index is -0.429. The maximum atomic E-state index is 12.3. The zero-order valence-electron chi connectivity index (χ0n) is 11.3. The summed E-state index contributed by atoms with van der Waals surface area (Å²) in [7, 11) is 0. The van der Waals surface area contributed by atoms with Crippen LogP contribution in [0.5, 0.6) is 0 Å². The molecule has 104 valence electrons. The Bertz CT molecular complexity index is 637. The number of carbonyl (C=O) groups excluding carboxylic acids is 1. The number of nitrogens with zero attached hydrogens (tertiary/aromatic N) is 1. The molecule has 3 N–H and O–H groups in total. The van der Waals surface area contributed by atoms with Crippen molar-refractivity contribution in [1.82, 2.24) is 4.98 Å². The van der Waals surface area contributed by atoms with Gasteiger partial charge in [0, 0.05) is 11.6 Å². The molecule has 0 bridgehead atoms. The number of thiocarbonyl (C=S) groups is 1. The lowest BCUT2D eigenvalue weighted by molar-refractivity contribution is -0.118. The van der Waals surface area contributed by atoms with Gasteiger partial charge in [0.15, 0.2) is 0 Å². The Morgan fingerprint density at radius 1 is 1.40 bits per heavy atom. The van der Waals surface area contributed by atoms with Gasteiger partial charge < -0.3 is 11.1 Å². The van der Waals surface area contributed by atoms with E-state index in [9.17, 15) is 4.79 Å². The van der Waals surface area contributed by atoms with Gasteiger partial charge in [-0.3, -0.25) is 9.78 Å². The maximum Gasteiger partial charge on any atom is 0.234 e. The van der Waals surface area contributed by atoms with Gasteiger partial charge in [-0.25, -0.2) is 0 Å². The van der Waals surface area contributed by atoms with E-state index in [1.165, 1.54) is 0 Å². The molecule has 0 aliphatic rings. The Balaban J connectivity index is 2.27. The highest BCUT2D eigenvalue weighted by molar-refractivity contribution is 7.80. The Morgan fingerprint density at radius 3 is 2.90 bits per heavy atom. The largest absolute Gasteiger partial charge is 0.393 e. The standard InChI is InChI=1S/C15H17N3OS/c1-2-5-11(14(16)20)15(19)18-13-8-3-7-12-10(13)6-4-9-17-12/h3-4,6-9,11H,2,5H2,1H3,(H2,16,20)(H,18,19). The SMILES string of the molecule is CCCC(C(=O)Nc1cccc2ncccc12)C(N)=S. The molecule has 2 rings (SSSR count). The fourth-order valence-corrected chi connectivity index (χ4v) is 2.35. The molecule has 4 nitrogen and oxygen atoms in total. The fourth-order valence-electron chi connectivity index (χ4n) is 2.12. The van der Waals surface area contributed by atoms with Crippen LogP contribution in [0.3, 0.4) is 0 Å². The first-order valence-electron chi connectivity index (χ1n) is 6.57. The number of aromatic nitrogens is 1. The maximum absolute atomic E-state index is 12.3. The number of hydrogen-bond acceptors (Lipinski definition) is 3. The summed E-state index contributed by atoms with van der Waals surface area (Å²) < 4.78 is 0. The third-order valence-electron chi connectivity index (χ3n) is 3.14. The summed E-state index contributed by atoms with van der Waals surface area (Å²) in [5.74, 6) is -0.586. The number of fused-ring (bicyclic) bond motifs is 1. The average Bonchev–Trinajstić information content (AvgIpc) is 2.44. The van der Waals surface area contributed by atoms with Crippen LogP contribution in [0.4, 0.5) is 5.69 Å². The van der Waals surface area contributed by atoms with E-state index in [4.69, 9.17) is 18.0 Å². The second-order valence-corrected chi connectivity index (χ2v) is 5.08. The molecule has 2 aromatic rings. The van der Waals surface area contributed by atoms with Crippen molar-refractivity contribution in [1.29, 1.82) is 0 Å². The summed E-state index contributed by atoms with van der Waals surface area (Å²) in [6.45, 7) is 2.00. The highest BCUT2D eigenvalue weighted by Crippen LogP contribution is 2.22. The van der Waals surface area contributed by atoms with E-state index in [0.29, 0.717) is 6.42 Å². The van der Waals surface area contributed by atoms with E-state index in [1.54, 1.807) is 6.20 Å². The third kappa shape index (κ3) is 3.11. The van der Waals surface area contributed by atoms with Crippen molar-refractivity contribution in [3.8, 4) is 0 Å². The van der Waals surface area contributed by atoms with Crippen LogP contribution in [0.2, 0.25) is 0 Å². The van der Waals surface area contributed by atoms with Crippen LogP contribution in [0.15, 0.2) is 36.5 Å². The molecule has 0 aliphatic carbocycles. The molecule has 1 heterocycles. The van der Waals surface area contributed by atoms with Crippen LogP contribution < -0.4 is 11.1 Å². The Morgan fingerprint density at radius 2 is 2.20 bits per heavy atom. The molecule has 1 unspecified atom stereocenters. The number of rotatable bonds is 5. The number of pyridine rings is 1. The van der Waals surface area contributed by atoms with Crippen molar-refractivity contribution >= 4 is 39.7 Å². The molecule has 5 heteroatoms. The predicted molar refractivity (Wildman–Crippen MR) is 85.6 cm³/mol. The van der Waals surface area contributed by atoms with Gasteiger partial charge in [-0.15, -0.1) is 0 Å². The molecule has 0 saturated carbocycles. The number of nitrogens with two attached hydrogens (primary N) is 1. The average molecular weight is 287 g/mol. The minimum Gasteiger partial charge on any atom is -0.393 e. The van der Waals surface area contributed by atoms with Crippen LogP contribution in [0.25, 0.3) is 10.9 Å². The second kappa shape index (κ2) is 6.43. The molecule has 0 aliphatic heterocycles. The number of amides is 1. The Hall–Kier alpha value is -2.01. The summed E-state index contributed by atoms with van der Waals surface area (Å²) >= 11 is 4.98. The molecule has 0 spiro atoms. The van der Waals surface area contributed by atoms with E-state index in [0.717, 1.165) is 23.0 Å². The van der Waals surface area contributed by atoms with Crippen molar-refractivity contribution in [3.05, 3.63) is 36.5 Å². The van der Waals surface area contributed by atoms with E-state index < -0.39 is 5.92 Å². The van der Waals surface area contributed by atoms with E-state index in [-0.39, 0.29) is 10.9 Å². The van der Waals surface area contributed by atoms with Crippen molar-refractivity contribution in [2.45, 2.75) is 19.8 Å². The van der Waals surface area contributed by atoms with Crippen molar-refractivity contribution in [3.63, 3.8) is 0 Å². The summed E-state index contributed by atoms with van der Waals surface area (Å²) in [5.41, 5.74) is 7.22. The normalized spacial score (nSPS) is 12.1. The zero-order valence-corrected chi connectivity index (χ0v) is 12.1. The number of anilines is 1. The van der Waals surface area contributed by atoms with Crippen LogP contribution in [-0.4, -0.2) is 15.9 Å². The molecule has 1 aromatic heterocycles. The highest BCUT2D eigenvalue weighted by Gasteiger charge is 2.20. The molecular weight excluding hydrogens is 270 g/mol. The summed E-state index contributed by atoms with van der Waals surface area (Å²) in [4.78, 5) is 16.8. The van der Waals surface area contributed by atoms with Gasteiger partial charge in [-0.1, -0.05) is 31.6 Å². The topological polar surface area (TPSA) is 68.0 Å². The van der Waals surface area contributed by atoms with Gasteiger partial charge in [0.1, 0.15) is 0 Å². The first-order chi connectivity index (χ1) is 9.63. The molecule has 1 atom stereocenters. The molecular formula is C15H17N3OS. The number of benzene rings is 1. The first-order valence-corrected chi connectivity index (χ1v) is 6.98. The van der Waals surface area contributed by atoms with E-state index in [1.807, 2.05) is 37.3 Å². The third-order valence-corrected chi connectivity index (χ3v) is 3.43. The molecule has 0 radical (unpaired) electrons. The monoisotopic (exact) mass is 287 g/mol. The lowest BCUT2D eigenvalue weighted by Crippen LogP contribution is -2.33. The van der Waals surface area contributed by atoms with Crippen LogP contribution in [0.1, 0.15) is 19.8 Å². The highest BCUT2D eigenvalue weighted by atomic mass is 32.1. The van der Waals surface area contributed by atoms with Gasteiger partial charge >= 0.3 is 0 Å². The van der Waals surface area contributed by atoms with Gasteiger partial charge in [0.2, 0.25) is 5.91 Å². The first kappa shape index (κ1) is 14.4. The Labute approximate surface area is 123 Å². The summed E-state index contributed by atoms with van der Waals surface area (Å²) in [6, 6.07) is 9.38. The molecule has 1 aromatic carbocycles. The van der Waals surface area contributed by atoms with Crippen molar-refractivity contribution < 1.29 is 4.79 Å². The van der Waals surface area contributed by atoms with E-state index in [2.05, 4.69) is 10.3 Å². The van der Waals surface area contributed by atoms with Crippen molar-refractivity contribution in [2.75, 3.05) is 5.32 Å². The van der Waals surface area contributed by atoms with E-state index >= 15 is 0 Å². The van der Waals surface area contributed by atoms with Gasteiger partial charge in [0.05, 0.1) is 22.1 Å². The molecule has 0 fully saturated rings. The molecule has 1 amide bonds. The number of hydrogen-bond donors (Lipinski definition) is 2. The lowest BCUT2D eigenvalue weighted by atomic mass is 10.0. The Kier molecular flexibility index (Phi) is 4.63. The van der Waals surface area contributed by atoms with Crippen LogP contribution in [-0.2, 0) is 4.79 Å². The fraction of sp³-hybridized carbons (Fsp3) is 0.267.